The molecule has 0 amide bonds. The molecule has 3 unspecified atom stereocenters. The summed E-state index contributed by atoms with van der Waals surface area (Å²) in [7, 11) is 0. The van der Waals surface area contributed by atoms with E-state index in [0.717, 1.165) is 18.8 Å². The monoisotopic (exact) mass is 304 g/mol. The first-order chi connectivity index (χ1) is 11.4. The minimum Gasteiger partial charge on any atom is -0.336 e. The van der Waals surface area contributed by atoms with Crippen molar-refractivity contribution in [2.75, 3.05) is 0 Å². The molecule has 2 heteroatoms. The molecule has 3 atom stereocenters. The first-order valence-corrected chi connectivity index (χ1v) is 9.22. The third kappa shape index (κ3) is 1.90. The summed E-state index contributed by atoms with van der Waals surface area (Å²) < 4.78 is 2.69. The van der Waals surface area contributed by atoms with Crippen LogP contribution in [-0.2, 0) is 6.42 Å². The van der Waals surface area contributed by atoms with E-state index in [9.17, 15) is 0 Å². The van der Waals surface area contributed by atoms with Crippen LogP contribution in [0.2, 0.25) is 0 Å². The van der Waals surface area contributed by atoms with Gasteiger partial charge in [-0.3, -0.25) is 4.98 Å². The Kier molecular flexibility index (Phi) is 3.01. The van der Waals surface area contributed by atoms with Crippen LogP contribution in [0.5, 0.6) is 0 Å². The van der Waals surface area contributed by atoms with E-state index in [1.807, 2.05) is 6.20 Å². The SMILES string of the molecule is CCC1CCC2C(C=CC3=CCCc4c3n2c2ccncc42)C1. The summed E-state index contributed by atoms with van der Waals surface area (Å²) in [6, 6.07) is 2.87. The van der Waals surface area contributed by atoms with E-state index in [1.54, 1.807) is 0 Å². The Morgan fingerprint density at radius 2 is 2.26 bits per heavy atom. The van der Waals surface area contributed by atoms with Gasteiger partial charge in [-0.25, -0.2) is 0 Å². The van der Waals surface area contributed by atoms with Crippen LogP contribution in [0.25, 0.3) is 16.5 Å². The van der Waals surface area contributed by atoms with Gasteiger partial charge >= 0.3 is 0 Å². The molecule has 1 fully saturated rings. The lowest BCUT2D eigenvalue weighted by molar-refractivity contribution is 0.218. The molecule has 23 heavy (non-hydrogen) atoms. The van der Waals surface area contributed by atoms with Gasteiger partial charge in [0, 0.05) is 23.8 Å². The van der Waals surface area contributed by atoms with Gasteiger partial charge in [0.1, 0.15) is 0 Å². The van der Waals surface area contributed by atoms with Crippen molar-refractivity contribution in [3.05, 3.63) is 47.9 Å². The average molecular weight is 304 g/mol. The topological polar surface area (TPSA) is 17.8 Å². The molecular weight excluding hydrogens is 280 g/mol. The Bertz CT molecular complexity index is 824. The zero-order valence-electron chi connectivity index (χ0n) is 13.8. The minimum atomic E-state index is 0.631. The smallest absolute Gasteiger partial charge is 0.0524 e. The molecular formula is C21H24N2. The van der Waals surface area contributed by atoms with Crippen LogP contribution in [0, 0.1) is 11.8 Å². The van der Waals surface area contributed by atoms with Crippen molar-refractivity contribution >= 4 is 16.5 Å². The molecule has 0 bridgehead atoms. The molecule has 2 aromatic heterocycles. The molecule has 0 radical (unpaired) electrons. The molecule has 0 aromatic carbocycles. The molecule has 0 spiro atoms. The Morgan fingerprint density at radius 1 is 1.30 bits per heavy atom. The van der Waals surface area contributed by atoms with Crippen LogP contribution in [0.3, 0.4) is 0 Å². The average Bonchev–Trinajstić information content (AvgIpc) is 2.84. The van der Waals surface area contributed by atoms with E-state index in [2.05, 4.69) is 47.0 Å². The molecule has 2 nitrogen and oxygen atoms in total. The summed E-state index contributed by atoms with van der Waals surface area (Å²) in [5.41, 5.74) is 5.89. The van der Waals surface area contributed by atoms with Gasteiger partial charge in [-0.05, 0) is 61.1 Å². The summed E-state index contributed by atoms with van der Waals surface area (Å²) in [6.45, 7) is 2.35. The fraction of sp³-hybridized carbons (Fsp3) is 0.476. The van der Waals surface area contributed by atoms with Gasteiger partial charge < -0.3 is 4.57 Å². The molecule has 2 aliphatic carbocycles. The normalized spacial score (nSPS) is 28.9. The largest absolute Gasteiger partial charge is 0.336 e. The fourth-order valence-corrected chi connectivity index (χ4v) is 5.16. The maximum atomic E-state index is 4.42. The molecule has 2 aromatic rings. The number of hydrogen-bond donors (Lipinski definition) is 0. The third-order valence-electron chi connectivity index (χ3n) is 6.34. The van der Waals surface area contributed by atoms with Crippen molar-refractivity contribution in [3.63, 3.8) is 0 Å². The van der Waals surface area contributed by atoms with E-state index >= 15 is 0 Å². The maximum Gasteiger partial charge on any atom is 0.0524 e. The number of hydrogen-bond acceptors (Lipinski definition) is 1. The van der Waals surface area contributed by atoms with Crippen LogP contribution in [0.4, 0.5) is 0 Å². The predicted molar refractivity (Wildman–Crippen MR) is 95.3 cm³/mol. The maximum absolute atomic E-state index is 4.42. The highest BCUT2D eigenvalue weighted by Gasteiger charge is 2.35. The number of rotatable bonds is 1. The van der Waals surface area contributed by atoms with Crippen molar-refractivity contribution in [1.82, 2.24) is 9.55 Å². The molecule has 0 saturated heterocycles. The summed E-state index contributed by atoms with van der Waals surface area (Å²) in [5.74, 6) is 1.59. The quantitative estimate of drug-likeness (QED) is 0.698. The van der Waals surface area contributed by atoms with E-state index in [1.165, 1.54) is 53.4 Å². The van der Waals surface area contributed by atoms with E-state index in [-0.39, 0.29) is 0 Å². The van der Waals surface area contributed by atoms with Crippen LogP contribution in [-0.4, -0.2) is 9.55 Å². The van der Waals surface area contributed by atoms with Gasteiger partial charge in [0.25, 0.3) is 0 Å². The number of allylic oxidation sites excluding steroid dienone is 4. The number of fused-ring (bicyclic) bond motifs is 5. The van der Waals surface area contributed by atoms with Crippen molar-refractivity contribution in [1.29, 1.82) is 0 Å². The number of aryl methyl sites for hydroxylation is 1. The lowest BCUT2D eigenvalue weighted by atomic mass is 9.77. The molecule has 5 rings (SSSR count). The van der Waals surface area contributed by atoms with Gasteiger partial charge in [-0.15, -0.1) is 0 Å². The van der Waals surface area contributed by atoms with Gasteiger partial charge in [-0.1, -0.05) is 31.6 Å². The molecule has 1 aliphatic heterocycles. The first kappa shape index (κ1) is 13.6. The van der Waals surface area contributed by atoms with Crippen molar-refractivity contribution < 1.29 is 0 Å². The number of pyridine rings is 1. The Labute approximate surface area is 137 Å². The summed E-state index contributed by atoms with van der Waals surface area (Å²) in [4.78, 5) is 4.42. The minimum absolute atomic E-state index is 0.631. The Hall–Kier alpha value is -1.83. The van der Waals surface area contributed by atoms with E-state index in [0.29, 0.717) is 12.0 Å². The van der Waals surface area contributed by atoms with Crippen LogP contribution >= 0.6 is 0 Å². The first-order valence-electron chi connectivity index (χ1n) is 9.22. The molecule has 3 aliphatic rings. The van der Waals surface area contributed by atoms with Crippen molar-refractivity contribution in [2.24, 2.45) is 11.8 Å². The third-order valence-corrected chi connectivity index (χ3v) is 6.34. The second kappa shape index (κ2) is 5.09. The highest BCUT2D eigenvalue weighted by atomic mass is 15.0. The summed E-state index contributed by atoms with van der Waals surface area (Å²) in [6.07, 6.45) is 19.1. The zero-order valence-corrected chi connectivity index (χ0v) is 13.8. The summed E-state index contributed by atoms with van der Waals surface area (Å²) in [5, 5.41) is 1.39. The number of nitrogens with zero attached hydrogens (tertiary/aromatic N) is 2. The Morgan fingerprint density at radius 3 is 3.17 bits per heavy atom. The van der Waals surface area contributed by atoms with Crippen molar-refractivity contribution in [2.45, 2.75) is 51.5 Å². The van der Waals surface area contributed by atoms with Gasteiger partial charge in [-0.2, -0.15) is 0 Å². The molecule has 0 N–H and O–H groups in total. The predicted octanol–water partition coefficient (Wildman–Crippen LogP) is 5.30. The zero-order chi connectivity index (χ0) is 15.4. The highest BCUT2D eigenvalue weighted by Crippen LogP contribution is 2.47. The Balaban J connectivity index is 1.76. The van der Waals surface area contributed by atoms with Crippen LogP contribution < -0.4 is 0 Å². The van der Waals surface area contributed by atoms with Crippen molar-refractivity contribution in [3.8, 4) is 0 Å². The molecule has 3 heterocycles. The van der Waals surface area contributed by atoms with Crippen LogP contribution in [0.1, 0.15) is 56.3 Å². The highest BCUT2D eigenvalue weighted by molar-refractivity contribution is 5.92. The molecule has 1 saturated carbocycles. The number of aromatic nitrogens is 2. The second-order valence-corrected chi connectivity index (χ2v) is 7.47. The lowest BCUT2D eigenvalue weighted by Gasteiger charge is -2.36. The fourth-order valence-electron chi connectivity index (χ4n) is 5.16. The van der Waals surface area contributed by atoms with Crippen LogP contribution in [0.15, 0.2) is 36.7 Å². The van der Waals surface area contributed by atoms with E-state index in [4.69, 9.17) is 0 Å². The molecule has 118 valence electrons. The van der Waals surface area contributed by atoms with Gasteiger partial charge in [0.2, 0.25) is 0 Å². The van der Waals surface area contributed by atoms with Gasteiger partial charge in [0.15, 0.2) is 0 Å². The lowest BCUT2D eigenvalue weighted by Crippen LogP contribution is -2.26. The summed E-state index contributed by atoms with van der Waals surface area (Å²) >= 11 is 0. The standard InChI is InChI=1S/C21H24N2/c1-2-14-6-9-19-16(12-14)8-7-15-4-3-5-17-18-13-22-11-10-20(18)23(19)21(15)17/h4,7-8,10-11,13-14,16,19H,2-3,5-6,9,12H2,1H3. The van der Waals surface area contributed by atoms with E-state index < -0.39 is 0 Å². The van der Waals surface area contributed by atoms with Gasteiger partial charge in [0.05, 0.1) is 11.2 Å². The second-order valence-electron chi connectivity index (χ2n) is 7.47.